The number of hydrogen-bond donors (Lipinski definition) is 0. The van der Waals surface area contributed by atoms with Gasteiger partial charge in [-0.2, -0.15) is 5.26 Å². The Labute approximate surface area is 120 Å². The maximum absolute atomic E-state index is 12.1. The fraction of sp³-hybridized carbons (Fsp3) is 0.500. The number of carbonyl (C=O) groups is 1. The summed E-state index contributed by atoms with van der Waals surface area (Å²) in [7, 11) is 1.61. The van der Waals surface area contributed by atoms with Gasteiger partial charge in [0.2, 0.25) is 5.91 Å². The van der Waals surface area contributed by atoms with Crippen LogP contribution in [0.3, 0.4) is 0 Å². The van der Waals surface area contributed by atoms with Gasteiger partial charge in [0.1, 0.15) is 5.75 Å². The molecule has 1 fully saturated rings. The summed E-state index contributed by atoms with van der Waals surface area (Å²) in [5, 5.41) is 8.99. The van der Waals surface area contributed by atoms with Gasteiger partial charge in [0.25, 0.3) is 0 Å². The number of nitrogens with zero attached hydrogens (tertiary/aromatic N) is 2. The zero-order chi connectivity index (χ0) is 14.4. The predicted molar refractivity (Wildman–Crippen MR) is 76.2 cm³/mol. The minimum absolute atomic E-state index is 0.203. The lowest BCUT2D eigenvalue weighted by molar-refractivity contribution is -0.132. The second-order valence-corrected chi connectivity index (χ2v) is 5.12. The quantitative estimate of drug-likeness (QED) is 0.850. The minimum Gasteiger partial charge on any atom is -0.496 e. The van der Waals surface area contributed by atoms with Crippen LogP contribution in [0.5, 0.6) is 5.75 Å². The molecule has 106 valence electrons. The first kappa shape index (κ1) is 14.4. The Balaban J connectivity index is 2.18. The van der Waals surface area contributed by atoms with Crippen molar-refractivity contribution in [3.8, 4) is 11.8 Å². The number of carbonyl (C=O) groups excluding carboxylic acids is 1. The summed E-state index contributed by atoms with van der Waals surface area (Å²) in [4.78, 5) is 14.0. The number of ether oxygens (including phenoxy) is 1. The molecule has 0 unspecified atom stereocenters. The van der Waals surface area contributed by atoms with Crippen LogP contribution in [0.2, 0.25) is 0 Å². The summed E-state index contributed by atoms with van der Waals surface area (Å²) in [5.41, 5.74) is 1.50. The van der Waals surface area contributed by atoms with Crippen molar-refractivity contribution in [1.29, 1.82) is 5.26 Å². The molecule has 0 aromatic heterocycles. The van der Waals surface area contributed by atoms with E-state index in [9.17, 15) is 4.79 Å². The molecular formula is C16H20N2O2. The van der Waals surface area contributed by atoms with E-state index in [0.717, 1.165) is 37.1 Å². The van der Waals surface area contributed by atoms with Crippen LogP contribution in [0.1, 0.15) is 43.2 Å². The first-order valence-corrected chi connectivity index (χ1v) is 7.09. The summed E-state index contributed by atoms with van der Waals surface area (Å²) < 4.78 is 5.33. The zero-order valence-electron chi connectivity index (χ0n) is 11.9. The SMILES string of the molecule is COc1ccc(C#N)cc1CN1CCCCCCC1=O. The third-order valence-corrected chi connectivity index (χ3v) is 3.69. The zero-order valence-corrected chi connectivity index (χ0v) is 11.9. The normalized spacial score (nSPS) is 16.2. The molecule has 1 heterocycles. The van der Waals surface area contributed by atoms with Crippen LogP contribution in [0, 0.1) is 11.3 Å². The van der Waals surface area contributed by atoms with E-state index >= 15 is 0 Å². The van der Waals surface area contributed by atoms with E-state index in [0.29, 0.717) is 18.5 Å². The van der Waals surface area contributed by atoms with E-state index in [1.807, 2.05) is 11.0 Å². The highest BCUT2D eigenvalue weighted by molar-refractivity contribution is 5.76. The lowest BCUT2D eigenvalue weighted by atomic mass is 10.1. The Morgan fingerprint density at radius 3 is 2.85 bits per heavy atom. The van der Waals surface area contributed by atoms with Gasteiger partial charge in [0.15, 0.2) is 0 Å². The number of benzene rings is 1. The fourth-order valence-electron chi connectivity index (χ4n) is 2.56. The van der Waals surface area contributed by atoms with Crippen LogP contribution >= 0.6 is 0 Å². The fourth-order valence-corrected chi connectivity index (χ4v) is 2.56. The van der Waals surface area contributed by atoms with Crippen LogP contribution < -0.4 is 4.74 Å². The van der Waals surface area contributed by atoms with E-state index in [1.54, 1.807) is 19.2 Å². The van der Waals surface area contributed by atoms with Crippen LogP contribution in [-0.2, 0) is 11.3 Å². The molecule has 0 spiro atoms. The first-order chi connectivity index (χ1) is 9.74. The average Bonchev–Trinajstić information content (AvgIpc) is 2.46. The molecule has 1 aromatic carbocycles. The number of methoxy groups -OCH3 is 1. The molecule has 1 aromatic rings. The summed E-state index contributed by atoms with van der Waals surface area (Å²) in [6.45, 7) is 1.32. The van der Waals surface area contributed by atoms with Crippen molar-refractivity contribution in [2.75, 3.05) is 13.7 Å². The standard InChI is InChI=1S/C16H20N2O2/c1-20-15-8-7-13(11-17)10-14(15)12-18-9-5-3-2-4-6-16(18)19/h7-8,10H,2-6,9,12H2,1H3. The van der Waals surface area contributed by atoms with E-state index in [1.165, 1.54) is 6.42 Å². The summed E-state index contributed by atoms with van der Waals surface area (Å²) >= 11 is 0. The molecule has 1 aliphatic heterocycles. The van der Waals surface area contributed by atoms with Crippen LogP contribution in [-0.4, -0.2) is 24.5 Å². The molecule has 0 saturated carbocycles. The molecular weight excluding hydrogens is 252 g/mol. The maximum Gasteiger partial charge on any atom is 0.222 e. The van der Waals surface area contributed by atoms with E-state index in [2.05, 4.69) is 6.07 Å². The monoisotopic (exact) mass is 272 g/mol. The van der Waals surface area contributed by atoms with Crippen LogP contribution in [0.15, 0.2) is 18.2 Å². The van der Waals surface area contributed by atoms with Crippen molar-refractivity contribution >= 4 is 5.91 Å². The molecule has 4 heteroatoms. The van der Waals surface area contributed by atoms with Gasteiger partial charge >= 0.3 is 0 Å². The maximum atomic E-state index is 12.1. The lowest BCUT2D eigenvalue weighted by Gasteiger charge is -2.25. The summed E-state index contributed by atoms with van der Waals surface area (Å²) in [5.74, 6) is 0.938. The Bertz CT molecular complexity index is 520. The molecule has 20 heavy (non-hydrogen) atoms. The summed E-state index contributed by atoms with van der Waals surface area (Å²) in [6.07, 6.45) is 4.98. The minimum atomic E-state index is 0.203. The Kier molecular flexibility index (Phi) is 5.00. The smallest absolute Gasteiger partial charge is 0.222 e. The Morgan fingerprint density at radius 2 is 2.10 bits per heavy atom. The van der Waals surface area contributed by atoms with Gasteiger partial charge in [-0.1, -0.05) is 12.8 Å². The highest BCUT2D eigenvalue weighted by Crippen LogP contribution is 2.23. The molecule has 1 amide bonds. The molecule has 1 saturated heterocycles. The van der Waals surface area contributed by atoms with Crippen molar-refractivity contribution in [2.24, 2.45) is 0 Å². The van der Waals surface area contributed by atoms with E-state index < -0.39 is 0 Å². The van der Waals surface area contributed by atoms with Gasteiger partial charge < -0.3 is 9.64 Å². The summed E-state index contributed by atoms with van der Waals surface area (Å²) in [6, 6.07) is 7.47. The molecule has 0 N–H and O–H groups in total. The van der Waals surface area contributed by atoms with Crippen molar-refractivity contribution in [1.82, 2.24) is 4.90 Å². The van der Waals surface area contributed by atoms with E-state index in [4.69, 9.17) is 10.00 Å². The number of rotatable bonds is 3. The molecule has 0 aliphatic carbocycles. The van der Waals surface area contributed by atoms with Gasteiger partial charge in [0, 0.05) is 25.1 Å². The molecule has 2 rings (SSSR count). The largest absolute Gasteiger partial charge is 0.496 e. The molecule has 0 atom stereocenters. The highest BCUT2D eigenvalue weighted by atomic mass is 16.5. The average molecular weight is 272 g/mol. The number of likely N-dealkylation sites (tertiary alicyclic amines) is 1. The molecule has 0 bridgehead atoms. The van der Waals surface area contributed by atoms with Gasteiger partial charge in [-0.25, -0.2) is 0 Å². The number of amides is 1. The van der Waals surface area contributed by atoms with Gasteiger partial charge in [-0.3, -0.25) is 4.79 Å². The second kappa shape index (κ2) is 6.95. The Hall–Kier alpha value is -2.02. The topological polar surface area (TPSA) is 53.3 Å². The lowest BCUT2D eigenvalue weighted by Crippen LogP contribution is -2.32. The third kappa shape index (κ3) is 3.51. The second-order valence-electron chi connectivity index (χ2n) is 5.12. The molecule has 1 aliphatic rings. The van der Waals surface area contributed by atoms with E-state index in [-0.39, 0.29) is 5.91 Å². The van der Waals surface area contributed by atoms with Crippen LogP contribution in [0.4, 0.5) is 0 Å². The van der Waals surface area contributed by atoms with Gasteiger partial charge in [0.05, 0.1) is 18.7 Å². The third-order valence-electron chi connectivity index (χ3n) is 3.69. The van der Waals surface area contributed by atoms with Gasteiger partial charge in [-0.05, 0) is 31.0 Å². The number of nitriles is 1. The van der Waals surface area contributed by atoms with Gasteiger partial charge in [-0.15, -0.1) is 0 Å². The van der Waals surface area contributed by atoms with Crippen molar-refractivity contribution in [2.45, 2.75) is 38.6 Å². The molecule has 4 nitrogen and oxygen atoms in total. The van der Waals surface area contributed by atoms with Crippen molar-refractivity contribution in [3.63, 3.8) is 0 Å². The first-order valence-electron chi connectivity index (χ1n) is 7.09. The van der Waals surface area contributed by atoms with Crippen molar-refractivity contribution in [3.05, 3.63) is 29.3 Å². The Morgan fingerprint density at radius 1 is 1.30 bits per heavy atom. The molecule has 0 radical (unpaired) electrons. The highest BCUT2D eigenvalue weighted by Gasteiger charge is 2.17. The van der Waals surface area contributed by atoms with Crippen molar-refractivity contribution < 1.29 is 9.53 Å². The number of hydrogen-bond acceptors (Lipinski definition) is 3. The predicted octanol–water partition coefficient (Wildman–Crippen LogP) is 2.86. The van der Waals surface area contributed by atoms with Crippen LogP contribution in [0.25, 0.3) is 0 Å².